The number of halogens is 3. The second-order valence-electron chi connectivity index (χ2n) is 4.37. The monoisotopic (exact) mass is 348 g/mol. The number of alkyl halides is 1. The Bertz CT molecular complexity index is 742. The maximum Gasteiger partial charge on any atom is 0.175 e. The summed E-state index contributed by atoms with van der Waals surface area (Å²) in [5.74, 6) is 0. The van der Waals surface area contributed by atoms with E-state index in [0.29, 0.717) is 21.2 Å². The van der Waals surface area contributed by atoms with Crippen LogP contribution in [0.5, 0.6) is 0 Å². The van der Waals surface area contributed by atoms with Gasteiger partial charge in [0.15, 0.2) is 9.84 Å². The lowest BCUT2D eigenvalue weighted by Gasteiger charge is -2.13. The maximum absolute atomic E-state index is 11.6. The zero-order valence-electron chi connectivity index (χ0n) is 10.5. The smallest absolute Gasteiger partial charge is 0.175 e. The summed E-state index contributed by atoms with van der Waals surface area (Å²) < 4.78 is 23.1. The fourth-order valence-electron chi connectivity index (χ4n) is 1.79. The average molecular weight is 350 g/mol. The van der Waals surface area contributed by atoms with Gasteiger partial charge in [0.2, 0.25) is 0 Å². The number of rotatable bonds is 3. The normalized spacial score (nSPS) is 13.2. The van der Waals surface area contributed by atoms with Crippen LogP contribution in [0.1, 0.15) is 16.5 Å². The van der Waals surface area contributed by atoms with Gasteiger partial charge in [-0.15, -0.1) is 11.6 Å². The molecule has 0 aliphatic rings. The van der Waals surface area contributed by atoms with Crippen LogP contribution in [0.2, 0.25) is 10.0 Å². The van der Waals surface area contributed by atoms with Crippen LogP contribution < -0.4 is 0 Å². The Balaban J connectivity index is 2.46. The summed E-state index contributed by atoms with van der Waals surface area (Å²) in [7, 11) is -3.27. The molecule has 0 aromatic heterocycles. The highest BCUT2D eigenvalue weighted by molar-refractivity contribution is 7.90. The molecule has 20 heavy (non-hydrogen) atoms. The molecule has 2 aromatic carbocycles. The quantitative estimate of drug-likeness (QED) is 0.751. The molecule has 2 aromatic rings. The molecule has 0 saturated heterocycles. The summed E-state index contributed by atoms with van der Waals surface area (Å²) in [5, 5.41) is 0.427. The molecule has 0 heterocycles. The van der Waals surface area contributed by atoms with Crippen molar-refractivity contribution in [2.75, 3.05) is 6.26 Å². The largest absolute Gasteiger partial charge is 0.224 e. The van der Waals surface area contributed by atoms with E-state index in [9.17, 15) is 8.42 Å². The van der Waals surface area contributed by atoms with E-state index in [0.717, 1.165) is 6.26 Å². The molecule has 0 spiro atoms. The highest BCUT2D eigenvalue weighted by Crippen LogP contribution is 2.35. The summed E-state index contributed by atoms with van der Waals surface area (Å²) in [6.45, 7) is 0. The van der Waals surface area contributed by atoms with Gasteiger partial charge < -0.3 is 0 Å². The fourth-order valence-corrected chi connectivity index (χ4v) is 3.36. The van der Waals surface area contributed by atoms with Crippen molar-refractivity contribution in [3.63, 3.8) is 0 Å². The van der Waals surface area contributed by atoms with Crippen molar-refractivity contribution in [1.82, 2.24) is 0 Å². The first kappa shape index (κ1) is 15.6. The van der Waals surface area contributed by atoms with Gasteiger partial charge >= 0.3 is 0 Å². The molecular weight excluding hydrogens is 339 g/mol. The zero-order valence-corrected chi connectivity index (χ0v) is 13.6. The molecule has 6 heteroatoms. The first-order valence-electron chi connectivity index (χ1n) is 5.68. The van der Waals surface area contributed by atoms with Gasteiger partial charge in [-0.1, -0.05) is 41.4 Å². The lowest BCUT2D eigenvalue weighted by Crippen LogP contribution is -2.00. The molecular formula is C14H11Cl3O2S. The molecule has 0 aliphatic heterocycles. The van der Waals surface area contributed by atoms with E-state index in [2.05, 4.69) is 0 Å². The minimum atomic E-state index is -3.27. The Morgan fingerprint density at radius 2 is 1.75 bits per heavy atom. The minimum Gasteiger partial charge on any atom is -0.224 e. The molecule has 0 fully saturated rings. The van der Waals surface area contributed by atoms with Crippen molar-refractivity contribution in [3.8, 4) is 0 Å². The Morgan fingerprint density at radius 3 is 2.35 bits per heavy atom. The van der Waals surface area contributed by atoms with Gasteiger partial charge in [-0.3, -0.25) is 0 Å². The van der Waals surface area contributed by atoms with Crippen LogP contribution in [0.15, 0.2) is 47.4 Å². The SMILES string of the molecule is CS(=O)(=O)c1cccc(C(Cl)c2ccc(Cl)cc2Cl)c1. The Hall–Kier alpha value is -0.740. The molecule has 0 aliphatic carbocycles. The predicted octanol–water partition coefficient (Wildman–Crippen LogP) is 4.73. The molecule has 0 bridgehead atoms. The van der Waals surface area contributed by atoms with Gasteiger partial charge in [-0.05, 0) is 35.4 Å². The van der Waals surface area contributed by atoms with Crippen molar-refractivity contribution < 1.29 is 8.42 Å². The highest BCUT2D eigenvalue weighted by atomic mass is 35.5. The number of hydrogen-bond donors (Lipinski definition) is 0. The van der Waals surface area contributed by atoms with Crippen molar-refractivity contribution in [1.29, 1.82) is 0 Å². The number of benzene rings is 2. The van der Waals surface area contributed by atoms with Gasteiger partial charge in [-0.25, -0.2) is 8.42 Å². The number of sulfone groups is 1. The third kappa shape index (κ3) is 3.47. The van der Waals surface area contributed by atoms with E-state index in [-0.39, 0.29) is 4.90 Å². The van der Waals surface area contributed by atoms with Crippen molar-refractivity contribution >= 4 is 44.6 Å². The lowest BCUT2D eigenvalue weighted by atomic mass is 10.0. The topological polar surface area (TPSA) is 34.1 Å². The Kier molecular flexibility index (Phi) is 4.65. The van der Waals surface area contributed by atoms with Gasteiger partial charge in [0.25, 0.3) is 0 Å². The molecule has 1 atom stereocenters. The standard InChI is InChI=1S/C14H11Cl3O2S/c1-20(18,19)11-4-2-3-9(7-11)14(17)12-6-5-10(15)8-13(12)16/h2-8,14H,1H3. The van der Waals surface area contributed by atoms with Crippen molar-refractivity contribution in [3.05, 3.63) is 63.6 Å². The van der Waals surface area contributed by atoms with Crippen LogP contribution in [-0.4, -0.2) is 14.7 Å². The molecule has 0 saturated carbocycles. The van der Waals surface area contributed by atoms with Gasteiger partial charge in [0.05, 0.1) is 10.3 Å². The zero-order chi connectivity index (χ0) is 14.9. The van der Waals surface area contributed by atoms with Crippen LogP contribution in [0.4, 0.5) is 0 Å². The van der Waals surface area contributed by atoms with E-state index in [4.69, 9.17) is 34.8 Å². The molecule has 2 rings (SSSR count). The molecule has 106 valence electrons. The summed E-state index contributed by atoms with van der Waals surface area (Å²) in [4.78, 5) is 0.228. The first-order valence-corrected chi connectivity index (χ1v) is 8.76. The summed E-state index contributed by atoms with van der Waals surface area (Å²) in [5.41, 5.74) is 1.35. The molecule has 0 N–H and O–H groups in total. The fraction of sp³-hybridized carbons (Fsp3) is 0.143. The second kappa shape index (κ2) is 5.94. The third-order valence-electron chi connectivity index (χ3n) is 2.81. The van der Waals surface area contributed by atoms with Crippen molar-refractivity contribution in [2.45, 2.75) is 10.3 Å². The average Bonchev–Trinajstić information content (AvgIpc) is 2.37. The van der Waals surface area contributed by atoms with Crippen LogP contribution in [0.3, 0.4) is 0 Å². The first-order chi connectivity index (χ1) is 9.29. The molecule has 0 radical (unpaired) electrons. The summed E-state index contributed by atoms with van der Waals surface area (Å²) >= 11 is 18.4. The van der Waals surface area contributed by atoms with E-state index >= 15 is 0 Å². The van der Waals surface area contributed by atoms with Crippen LogP contribution >= 0.6 is 34.8 Å². The lowest BCUT2D eigenvalue weighted by molar-refractivity contribution is 0.601. The van der Waals surface area contributed by atoms with Crippen molar-refractivity contribution in [2.24, 2.45) is 0 Å². The maximum atomic E-state index is 11.6. The summed E-state index contributed by atoms with van der Waals surface area (Å²) in [6, 6.07) is 11.5. The molecule has 0 amide bonds. The van der Waals surface area contributed by atoms with Crippen LogP contribution in [-0.2, 0) is 9.84 Å². The van der Waals surface area contributed by atoms with E-state index in [1.165, 1.54) is 6.07 Å². The molecule has 1 unspecified atom stereocenters. The van der Waals surface area contributed by atoms with Crippen LogP contribution in [0.25, 0.3) is 0 Å². The molecule has 2 nitrogen and oxygen atoms in total. The third-order valence-corrected chi connectivity index (χ3v) is 4.97. The van der Waals surface area contributed by atoms with Gasteiger partial charge in [-0.2, -0.15) is 0 Å². The van der Waals surface area contributed by atoms with E-state index < -0.39 is 15.2 Å². The summed E-state index contributed by atoms with van der Waals surface area (Å²) in [6.07, 6.45) is 1.16. The highest BCUT2D eigenvalue weighted by Gasteiger charge is 2.16. The minimum absolute atomic E-state index is 0.228. The second-order valence-corrected chi connectivity index (χ2v) is 7.67. The van der Waals surface area contributed by atoms with E-state index in [1.807, 2.05) is 0 Å². The predicted molar refractivity (Wildman–Crippen MR) is 83.7 cm³/mol. The van der Waals surface area contributed by atoms with Gasteiger partial charge in [0, 0.05) is 16.3 Å². The Morgan fingerprint density at radius 1 is 1.05 bits per heavy atom. The number of hydrogen-bond acceptors (Lipinski definition) is 2. The Labute approximate surface area is 133 Å². The van der Waals surface area contributed by atoms with Gasteiger partial charge in [0.1, 0.15) is 0 Å². The van der Waals surface area contributed by atoms with E-state index in [1.54, 1.807) is 36.4 Å². The van der Waals surface area contributed by atoms with Crippen LogP contribution in [0, 0.1) is 0 Å².